The van der Waals surface area contributed by atoms with Crippen molar-refractivity contribution in [1.29, 1.82) is 0 Å². The Bertz CT molecular complexity index is 869. The third-order valence-electron chi connectivity index (χ3n) is 8.31. The molecule has 1 aromatic rings. The van der Waals surface area contributed by atoms with Crippen LogP contribution in [-0.4, -0.2) is 47.1 Å². The fourth-order valence-electron chi connectivity index (χ4n) is 8.03. The maximum atomic E-state index is 13.5. The molecular weight excluding hydrogens is 472 g/mol. The molecule has 214 valence electrons. The van der Waals surface area contributed by atoms with Crippen molar-refractivity contribution in [2.24, 2.45) is 11.8 Å². The maximum Gasteiger partial charge on any atom is 0.227 e. The Morgan fingerprint density at radius 3 is 1.16 bits per heavy atom. The van der Waals surface area contributed by atoms with Crippen LogP contribution >= 0.6 is 0 Å². The summed E-state index contributed by atoms with van der Waals surface area (Å²) in [7, 11) is 0. The second kappa shape index (κ2) is 11.3. The molecule has 0 radical (unpaired) electrons. The predicted molar refractivity (Wildman–Crippen MR) is 157 cm³/mol. The Labute approximate surface area is 231 Å². The van der Waals surface area contributed by atoms with Crippen LogP contribution in [-0.2, 0) is 9.59 Å². The molecule has 38 heavy (non-hydrogen) atoms. The van der Waals surface area contributed by atoms with Crippen molar-refractivity contribution in [3.05, 3.63) is 35.4 Å². The molecule has 0 spiro atoms. The van der Waals surface area contributed by atoms with Gasteiger partial charge in [0, 0.05) is 35.2 Å². The molecule has 2 unspecified atom stereocenters. The molecule has 2 aliphatic heterocycles. The first-order valence-electron chi connectivity index (χ1n) is 14.7. The highest BCUT2D eigenvalue weighted by Crippen LogP contribution is 2.43. The van der Waals surface area contributed by atoms with Gasteiger partial charge in [0.05, 0.1) is 11.8 Å². The molecule has 0 aromatic heterocycles. The van der Waals surface area contributed by atoms with Crippen LogP contribution in [0.15, 0.2) is 24.3 Å². The van der Waals surface area contributed by atoms with Crippen LogP contribution in [0.4, 0.5) is 0 Å². The minimum Gasteiger partial charge on any atom is -0.356 e. The second-order valence-electron chi connectivity index (χ2n) is 14.5. The molecule has 2 atom stereocenters. The SMILES string of the molecule is CCNC(=O)C(c1ccc(C(C(=O)NCC)C2CC(C)(C)NC(C)(C)C2)cc1)C1CC(C)(C)NC(C)(C)C1. The summed E-state index contributed by atoms with van der Waals surface area (Å²) >= 11 is 0. The fraction of sp³-hybridized carbons (Fsp3) is 0.750. The van der Waals surface area contributed by atoms with Gasteiger partial charge < -0.3 is 21.3 Å². The number of carbonyl (C=O) groups excluding carboxylic acids is 2. The van der Waals surface area contributed by atoms with E-state index in [2.05, 4.69) is 101 Å². The minimum absolute atomic E-state index is 0.0466. The molecule has 6 nitrogen and oxygen atoms in total. The first kappa shape index (κ1) is 30.6. The lowest BCUT2D eigenvalue weighted by Crippen LogP contribution is -2.59. The standard InChI is InChI=1S/C32H54N4O2/c1-11-33-27(37)25(23-17-29(3,4)35-30(5,6)18-23)21-13-15-22(16-14-21)26(28(38)34-12-2)24-19-31(7,8)36-32(9,10)20-24/h13-16,23-26,35-36H,11-12,17-20H2,1-10H3,(H,33,37)(H,34,38). The number of nitrogens with one attached hydrogen (secondary N) is 4. The molecule has 0 saturated carbocycles. The van der Waals surface area contributed by atoms with Gasteiger partial charge in [0.25, 0.3) is 0 Å². The van der Waals surface area contributed by atoms with Gasteiger partial charge in [-0.25, -0.2) is 0 Å². The molecule has 2 saturated heterocycles. The summed E-state index contributed by atoms with van der Waals surface area (Å²) in [4.78, 5) is 26.9. The van der Waals surface area contributed by atoms with Crippen LogP contribution in [0, 0.1) is 11.8 Å². The van der Waals surface area contributed by atoms with Gasteiger partial charge >= 0.3 is 0 Å². The lowest BCUT2D eigenvalue weighted by molar-refractivity contribution is -0.125. The highest BCUT2D eigenvalue weighted by Gasteiger charge is 2.45. The average Bonchev–Trinajstić information content (AvgIpc) is 2.71. The molecule has 1 aromatic carbocycles. The lowest BCUT2D eigenvalue weighted by Gasteiger charge is -2.48. The monoisotopic (exact) mass is 526 g/mol. The number of rotatable bonds is 8. The van der Waals surface area contributed by atoms with Gasteiger partial charge in [0.2, 0.25) is 11.8 Å². The summed E-state index contributed by atoms with van der Waals surface area (Å²) in [6.45, 7) is 23.1. The summed E-state index contributed by atoms with van der Waals surface area (Å²) in [5.74, 6) is 0.211. The Morgan fingerprint density at radius 1 is 0.658 bits per heavy atom. The fourth-order valence-corrected chi connectivity index (χ4v) is 8.03. The number of hydrogen-bond donors (Lipinski definition) is 4. The number of benzene rings is 1. The van der Waals surface area contributed by atoms with E-state index >= 15 is 0 Å². The molecule has 2 heterocycles. The van der Waals surface area contributed by atoms with Crippen molar-refractivity contribution in [2.75, 3.05) is 13.1 Å². The van der Waals surface area contributed by atoms with E-state index in [1.54, 1.807) is 0 Å². The summed E-state index contributed by atoms with van der Waals surface area (Å²) in [5, 5.41) is 13.7. The molecule has 0 bridgehead atoms. The third kappa shape index (κ3) is 7.59. The molecule has 6 heteroatoms. The molecular formula is C32H54N4O2. The highest BCUT2D eigenvalue weighted by molar-refractivity contribution is 5.85. The average molecular weight is 527 g/mol. The quantitative estimate of drug-likeness (QED) is 0.373. The van der Waals surface area contributed by atoms with E-state index in [0.29, 0.717) is 13.1 Å². The number of hydrogen-bond acceptors (Lipinski definition) is 4. The molecule has 2 aliphatic rings. The zero-order chi connectivity index (χ0) is 28.5. The topological polar surface area (TPSA) is 82.3 Å². The van der Waals surface area contributed by atoms with E-state index in [-0.39, 0.29) is 57.6 Å². The van der Waals surface area contributed by atoms with Gasteiger partial charge in [-0.3, -0.25) is 9.59 Å². The summed E-state index contributed by atoms with van der Waals surface area (Å²) < 4.78 is 0. The smallest absolute Gasteiger partial charge is 0.227 e. The summed E-state index contributed by atoms with van der Waals surface area (Å²) in [5.41, 5.74) is 1.89. The molecule has 4 N–H and O–H groups in total. The normalized spacial score (nSPS) is 24.3. The van der Waals surface area contributed by atoms with E-state index in [0.717, 1.165) is 36.8 Å². The van der Waals surface area contributed by atoms with Crippen LogP contribution in [0.2, 0.25) is 0 Å². The number of amides is 2. The van der Waals surface area contributed by atoms with Gasteiger partial charge in [0.15, 0.2) is 0 Å². The van der Waals surface area contributed by atoms with E-state index in [9.17, 15) is 9.59 Å². The van der Waals surface area contributed by atoms with Crippen molar-refractivity contribution in [2.45, 2.75) is 129 Å². The van der Waals surface area contributed by atoms with E-state index in [4.69, 9.17) is 0 Å². The lowest BCUT2D eigenvalue weighted by atomic mass is 9.67. The van der Waals surface area contributed by atoms with Gasteiger partial charge in [-0.2, -0.15) is 0 Å². The molecule has 2 amide bonds. The first-order chi connectivity index (χ1) is 17.5. The van der Waals surface area contributed by atoms with Crippen LogP contribution in [0.5, 0.6) is 0 Å². The highest BCUT2D eigenvalue weighted by atomic mass is 16.2. The van der Waals surface area contributed by atoms with Crippen LogP contribution in [0.25, 0.3) is 0 Å². The van der Waals surface area contributed by atoms with Crippen LogP contribution in [0.1, 0.15) is 118 Å². The Hall–Kier alpha value is -1.92. The Morgan fingerprint density at radius 2 is 0.921 bits per heavy atom. The van der Waals surface area contributed by atoms with Crippen LogP contribution in [0.3, 0.4) is 0 Å². The second-order valence-corrected chi connectivity index (χ2v) is 14.5. The van der Waals surface area contributed by atoms with E-state index < -0.39 is 0 Å². The summed E-state index contributed by atoms with van der Waals surface area (Å²) in [6, 6.07) is 8.45. The van der Waals surface area contributed by atoms with Crippen molar-refractivity contribution in [3.8, 4) is 0 Å². The minimum atomic E-state index is -0.218. The molecule has 2 fully saturated rings. The Balaban J connectivity index is 1.98. The third-order valence-corrected chi connectivity index (χ3v) is 8.31. The zero-order valence-electron chi connectivity index (χ0n) is 25.7. The van der Waals surface area contributed by atoms with Crippen molar-refractivity contribution >= 4 is 11.8 Å². The molecule has 0 aliphatic carbocycles. The number of likely N-dealkylation sites (N-methyl/N-ethyl adjacent to an activating group) is 2. The van der Waals surface area contributed by atoms with Gasteiger partial charge in [-0.15, -0.1) is 0 Å². The van der Waals surface area contributed by atoms with Gasteiger partial charge in [-0.05, 0) is 118 Å². The Kier molecular flexibility index (Phi) is 9.10. The maximum absolute atomic E-state index is 13.5. The first-order valence-corrected chi connectivity index (χ1v) is 14.7. The van der Waals surface area contributed by atoms with Gasteiger partial charge in [-0.1, -0.05) is 24.3 Å². The van der Waals surface area contributed by atoms with Crippen molar-refractivity contribution in [3.63, 3.8) is 0 Å². The van der Waals surface area contributed by atoms with Crippen molar-refractivity contribution in [1.82, 2.24) is 21.3 Å². The summed E-state index contributed by atoms with van der Waals surface area (Å²) in [6.07, 6.45) is 3.73. The largest absolute Gasteiger partial charge is 0.356 e. The number of carbonyl (C=O) groups is 2. The van der Waals surface area contributed by atoms with Crippen LogP contribution < -0.4 is 21.3 Å². The predicted octanol–water partition coefficient (Wildman–Crippen LogP) is 5.24. The van der Waals surface area contributed by atoms with E-state index in [1.807, 2.05) is 13.8 Å². The molecule has 3 rings (SSSR count). The van der Waals surface area contributed by atoms with Crippen molar-refractivity contribution < 1.29 is 9.59 Å². The zero-order valence-corrected chi connectivity index (χ0v) is 25.7. The van der Waals surface area contributed by atoms with Gasteiger partial charge in [0.1, 0.15) is 0 Å². The van der Waals surface area contributed by atoms with E-state index in [1.165, 1.54) is 0 Å². The number of piperidine rings is 2.